The zero-order valence-electron chi connectivity index (χ0n) is 14.6. The Hall–Kier alpha value is -3.50. The second-order valence-electron chi connectivity index (χ2n) is 6.15. The van der Waals surface area contributed by atoms with Gasteiger partial charge in [0.1, 0.15) is 0 Å². The summed E-state index contributed by atoms with van der Waals surface area (Å²) < 4.78 is 6.27. The van der Waals surface area contributed by atoms with Crippen LogP contribution in [0.2, 0.25) is 0 Å². The maximum atomic E-state index is 8.86. The molecule has 0 aliphatic carbocycles. The fraction of sp³-hybridized carbons (Fsp3) is 0.100. The lowest BCUT2D eigenvalue weighted by Crippen LogP contribution is -1.99. The van der Waals surface area contributed by atoms with Crippen LogP contribution in [0, 0.1) is 18.3 Å². The van der Waals surface area contributed by atoms with Crippen molar-refractivity contribution in [2.24, 2.45) is 0 Å². The number of nitriles is 1. The van der Waals surface area contributed by atoms with E-state index in [1.807, 2.05) is 47.3 Å². The lowest BCUT2D eigenvalue weighted by Gasteiger charge is -2.01. The number of hydrogen-bond donors (Lipinski definition) is 1. The fourth-order valence-electron chi connectivity index (χ4n) is 2.69. The highest BCUT2D eigenvalue weighted by molar-refractivity contribution is 7.09. The van der Waals surface area contributed by atoms with Crippen molar-refractivity contribution in [2.75, 3.05) is 5.32 Å². The number of benzene rings is 2. The molecule has 0 unspecified atom stereocenters. The standard InChI is InChI=1S/C20H16N6S/c1-14-3-2-4-17(9-14)19-24-20(27-25-19)23-18-11-22-26(13-18)12-16-7-5-15(10-21)6-8-16/h2-9,11,13H,12H2,1H3,(H,23,24,25). The SMILES string of the molecule is Cc1cccc(-c2nsc(Nc3cnn(Cc4ccc(C#N)cc4)c3)n2)c1. The van der Waals surface area contributed by atoms with Crippen LogP contribution in [0.4, 0.5) is 10.8 Å². The Morgan fingerprint density at radius 2 is 2.04 bits per heavy atom. The van der Waals surface area contributed by atoms with E-state index >= 15 is 0 Å². The zero-order valence-corrected chi connectivity index (χ0v) is 15.4. The van der Waals surface area contributed by atoms with Crippen molar-refractivity contribution in [3.8, 4) is 17.5 Å². The Kier molecular flexibility index (Phi) is 4.64. The van der Waals surface area contributed by atoms with E-state index in [1.54, 1.807) is 6.20 Å². The van der Waals surface area contributed by atoms with Gasteiger partial charge in [-0.25, -0.2) is 0 Å². The minimum atomic E-state index is 0.637. The number of anilines is 2. The van der Waals surface area contributed by atoms with Gasteiger partial charge in [0.2, 0.25) is 5.13 Å². The van der Waals surface area contributed by atoms with Crippen LogP contribution in [0.3, 0.4) is 0 Å². The average molecular weight is 372 g/mol. The molecule has 0 fully saturated rings. The number of rotatable bonds is 5. The van der Waals surface area contributed by atoms with Gasteiger partial charge in [0.05, 0.1) is 30.1 Å². The fourth-order valence-corrected chi connectivity index (χ4v) is 3.30. The molecule has 6 nitrogen and oxygen atoms in total. The maximum Gasteiger partial charge on any atom is 0.207 e. The van der Waals surface area contributed by atoms with Gasteiger partial charge in [0.15, 0.2) is 5.82 Å². The molecular formula is C20H16N6S. The van der Waals surface area contributed by atoms with Crippen molar-refractivity contribution >= 4 is 22.4 Å². The second-order valence-corrected chi connectivity index (χ2v) is 6.90. The van der Waals surface area contributed by atoms with E-state index in [1.165, 1.54) is 17.1 Å². The van der Waals surface area contributed by atoms with E-state index in [9.17, 15) is 0 Å². The zero-order chi connectivity index (χ0) is 18.6. The number of nitrogens with zero attached hydrogens (tertiary/aromatic N) is 5. The molecule has 0 saturated carbocycles. The first-order valence-electron chi connectivity index (χ1n) is 8.39. The second kappa shape index (κ2) is 7.40. The quantitative estimate of drug-likeness (QED) is 0.562. The topological polar surface area (TPSA) is 79.4 Å². The minimum Gasteiger partial charge on any atom is -0.328 e. The first-order chi connectivity index (χ1) is 13.2. The van der Waals surface area contributed by atoms with E-state index in [4.69, 9.17) is 5.26 Å². The summed E-state index contributed by atoms with van der Waals surface area (Å²) in [6, 6.07) is 17.8. The van der Waals surface area contributed by atoms with Gasteiger partial charge in [-0.15, -0.1) is 0 Å². The van der Waals surface area contributed by atoms with Crippen LogP contribution in [0.15, 0.2) is 60.9 Å². The molecule has 0 radical (unpaired) electrons. The molecule has 132 valence electrons. The van der Waals surface area contributed by atoms with Crippen LogP contribution >= 0.6 is 11.5 Å². The van der Waals surface area contributed by atoms with Crippen LogP contribution in [0.1, 0.15) is 16.7 Å². The Bertz CT molecular complexity index is 1100. The molecule has 7 heteroatoms. The van der Waals surface area contributed by atoms with Gasteiger partial charge < -0.3 is 5.32 Å². The van der Waals surface area contributed by atoms with Crippen molar-refractivity contribution < 1.29 is 0 Å². The van der Waals surface area contributed by atoms with Crippen molar-refractivity contribution in [1.29, 1.82) is 5.26 Å². The predicted molar refractivity (Wildman–Crippen MR) is 106 cm³/mol. The Morgan fingerprint density at radius 3 is 2.81 bits per heavy atom. The minimum absolute atomic E-state index is 0.637. The summed E-state index contributed by atoms with van der Waals surface area (Å²) in [5, 5.41) is 17.2. The number of aromatic nitrogens is 4. The van der Waals surface area contributed by atoms with E-state index in [0.29, 0.717) is 12.1 Å². The molecule has 4 rings (SSSR count). The molecule has 4 aromatic rings. The average Bonchev–Trinajstić information content (AvgIpc) is 3.32. The number of nitrogens with one attached hydrogen (secondary N) is 1. The molecule has 0 spiro atoms. The molecule has 2 aromatic heterocycles. The third kappa shape index (κ3) is 4.02. The molecule has 0 aliphatic heterocycles. The summed E-state index contributed by atoms with van der Waals surface area (Å²) in [5.41, 5.74) is 4.79. The summed E-state index contributed by atoms with van der Waals surface area (Å²) in [5.74, 6) is 0.719. The molecule has 0 bridgehead atoms. The van der Waals surface area contributed by atoms with E-state index in [2.05, 4.69) is 44.9 Å². The van der Waals surface area contributed by atoms with Gasteiger partial charge in [0, 0.05) is 23.3 Å². The number of aryl methyl sites for hydroxylation is 1. The lowest BCUT2D eigenvalue weighted by molar-refractivity contribution is 0.687. The molecule has 1 N–H and O–H groups in total. The van der Waals surface area contributed by atoms with E-state index in [0.717, 1.165) is 27.8 Å². The van der Waals surface area contributed by atoms with Crippen LogP contribution in [0.25, 0.3) is 11.4 Å². The first kappa shape index (κ1) is 16.9. The Labute approximate surface area is 160 Å². The van der Waals surface area contributed by atoms with Gasteiger partial charge in [-0.3, -0.25) is 4.68 Å². The Morgan fingerprint density at radius 1 is 1.19 bits per heavy atom. The maximum absolute atomic E-state index is 8.86. The summed E-state index contributed by atoms with van der Waals surface area (Å²) in [6.07, 6.45) is 3.68. The normalized spacial score (nSPS) is 10.5. The van der Waals surface area contributed by atoms with Crippen LogP contribution in [-0.2, 0) is 6.54 Å². The predicted octanol–water partition coefficient (Wildman–Crippen LogP) is 4.37. The first-order valence-corrected chi connectivity index (χ1v) is 9.16. The number of hydrogen-bond acceptors (Lipinski definition) is 6. The molecule has 0 aliphatic rings. The van der Waals surface area contributed by atoms with Gasteiger partial charge in [-0.05, 0) is 30.7 Å². The van der Waals surface area contributed by atoms with Crippen molar-refractivity contribution in [1.82, 2.24) is 19.1 Å². The highest BCUT2D eigenvalue weighted by Crippen LogP contribution is 2.24. The molecule has 27 heavy (non-hydrogen) atoms. The van der Waals surface area contributed by atoms with Gasteiger partial charge in [0.25, 0.3) is 0 Å². The lowest BCUT2D eigenvalue weighted by atomic mass is 10.1. The van der Waals surface area contributed by atoms with Crippen molar-refractivity contribution in [3.05, 3.63) is 77.6 Å². The summed E-state index contributed by atoms with van der Waals surface area (Å²) in [7, 11) is 0. The highest BCUT2D eigenvalue weighted by atomic mass is 32.1. The van der Waals surface area contributed by atoms with Crippen LogP contribution in [0.5, 0.6) is 0 Å². The van der Waals surface area contributed by atoms with Crippen molar-refractivity contribution in [2.45, 2.75) is 13.5 Å². The van der Waals surface area contributed by atoms with E-state index in [-0.39, 0.29) is 0 Å². The molecular weight excluding hydrogens is 356 g/mol. The molecule has 0 atom stereocenters. The summed E-state index contributed by atoms with van der Waals surface area (Å²) in [6.45, 7) is 2.69. The monoisotopic (exact) mass is 372 g/mol. The third-order valence-corrected chi connectivity index (χ3v) is 4.64. The molecule has 2 heterocycles. The Balaban J connectivity index is 1.44. The summed E-state index contributed by atoms with van der Waals surface area (Å²) >= 11 is 1.32. The third-order valence-electron chi connectivity index (χ3n) is 4.01. The van der Waals surface area contributed by atoms with Gasteiger partial charge in [-0.1, -0.05) is 35.9 Å². The van der Waals surface area contributed by atoms with E-state index < -0.39 is 0 Å². The summed E-state index contributed by atoms with van der Waals surface area (Å²) in [4.78, 5) is 4.56. The van der Waals surface area contributed by atoms with Gasteiger partial charge in [-0.2, -0.15) is 19.7 Å². The van der Waals surface area contributed by atoms with Crippen LogP contribution in [-0.4, -0.2) is 19.1 Å². The van der Waals surface area contributed by atoms with Crippen LogP contribution < -0.4 is 5.32 Å². The molecule has 0 amide bonds. The van der Waals surface area contributed by atoms with Crippen molar-refractivity contribution in [3.63, 3.8) is 0 Å². The van der Waals surface area contributed by atoms with Gasteiger partial charge >= 0.3 is 0 Å². The highest BCUT2D eigenvalue weighted by Gasteiger charge is 2.08. The smallest absolute Gasteiger partial charge is 0.207 e. The molecule has 2 aromatic carbocycles. The largest absolute Gasteiger partial charge is 0.328 e. The molecule has 0 saturated heterocycles.